The summed E-state index contributed by atoms with van der Waals surface area (Å²) < 4.78 is 0. The molecule has 1 unspecified atom stereocenters. The highest BCUT2D eigenvalue weighted by molar-refractivity contribution is 6.30. The Kier molecular flexibility index (Phi) is 8.18. The molecule has 0 radical (unpaired) electrons. The highest BCUT2D eigenvalue weighted by atomic mass is 35.5. The van der Waals surface area contributed by atoms with Crippen LogP contribution in [-0.2, 0) is 9.59 Å². The van der Waals surface area contributed by atoms with Gasteiger partial charge in [0.15, 0.2) is 0 Å². The van der Waals surface area contributed by atoms with Crippen LogP contribution in [0.4, 0.5) is 0 Å². The minimum atomic E-state index is -0.944. The van der Waals surface area contributed by atoms with Crippen LogP contribution in [0.3, 0.4) is 0 Å². The van der Waals surface area contributed by atoms with Crippen LogP contribution in [0.15, 0.2) is 48.5 Å². The number of piperidine rings is 1. The molecule has 2 aliphatic heterocycles. The molecule has 0 aromatic heterocycles. The number of rotatable bonds is 8. The number of carbonyl (C=O) groups is 2. The second kappa shape index (κ2) is 11.1. The third-order valence-electron chi connectivity index (χ3n) is 7.26. The molecule has 0 bridgehead atoms. The van der Waals surface area contributed by atoms with E-state index in [1.54, 1.807) is 0 Å². The lowest BCUT2D eigenvalue weighted by Gasteiger charge is -2.49. The van der Waals surface area contributed by atoms with Gasteiger partial charge in [0.05, 0.1) is 12.5 Å². The Hall–Kier alpha value is -2.08. The molecular formula is C27H32Cl2N2O3. The second-order valence-corrected chi connectivity index (χ2v) is 10.4. The average molecular weight is 503 g/mol. The van der Waals surface area contributed by atoms with Crippen molar-refractivity contribution in [3.05, 3.63) is 69.7 Å². The number of carbonyl (C=O) groups excluding carboxylic acids is 1. The lowest BCUT2D eigenvalue weighted by Crippen LogP contribution is -2.54. The van der Waals surface area contributed by atoms with Crippen LogP contribution in [0.2, 0.25) is 10.0 Å². The molecular weight excluding hydrogens is 471 g/mol. The van der Waals surface area contributed by atoms with Gasteiger partial charge in [0.25, 0.3) is 0 Å². The van der Waals surface area contributed by atoms with E-state index in [1.807, 2.05) is 53.4 Å². The number of hydrogen-bond donors (Lipinski definition) is 1. The van der Waals surface area contributed by atoms with Crippen LogP contribution in [0.1, 0.15) is 62.1 Å². The first-order chi connectivity index (χ1) is 16.4. The van der Waals surface area contributed by atoms with Gasteiger partial charge in [-0.3, -0.25) is 9.59 Å². The number of halogens is 2. The van der Waals surface area contributed by atoms with E-state index < -0.39 is 11.9 Å². The first-order valence-electron chi connectivity index (χ1n) is 12.1. The summed E-state index contributed by atoms with van der Waals surface area (Å²) in [6, 6.07) is 15.2. The fraction of sp³-hybridized carbons (Fsp3) is 0.481. The van der Waals surface area contributed by atoms with Gasteiger partial charge in [-0.25, -0.2) is 0 Å². The molecule has 2 fully saturated rings. The van der Waals surface area contributed by atoms with E-state index in [2.05, 4.69) is 11.8 Å². The van der Waals surface area contributed by atoms with E-state index in [-0.39, 0.29) is 30.3 Å². The number of hydrogen-bond acceptors (Lipinski definition) is 3. The van der Waals surface area contributed by atoms with Gasteiger partial charge in [0.1, 0.15) is 0 Å². The summed E-state index contributed by atoms with van der Waals surface area (Å²) in [6.45, 7) is 5.00. The zero-order chi connectivity index (χ0) is 24.2. The fourth-order valence-corrected chi connectivity index (χ4v) is 5.98. The van der Waals surface area contributed by atoms with Crippen molar-refractivity contribution in [3.8, 4) is 0 Å². The van der Waals surface area contributed by atoms with Crippen molar-refractivity contribution in [2.24, 2.45) is 5.92 Å². The minimum absolute atomic E-state index is 0.00967. The molecule has 0 saturated carbocycles. The van der Waals surface area contributed by atoms with Crippen molar-refractivity contribution in [1.29, 1.82) is 0 Å². The monoisotopic (exact) mass is 502 g/mol. The summed E-state index contributed by atoms with van der Waals surface area (Å²) in [7, 11) is 0. The summed E-state index contributed by atoms with van der Waals surface area (Å²) in [4.78, 5) is 30.1. The van der Waals surface area contributed by atoms with Gasteiger partial charge < -0.3 is 14.9 Å². The van der Waals surface area contributed by atoms with Gasteiger partial charge in [0.2, 0.25) is 5.91 Å². The van der Waals surface area contributed by atoms with Gasteiger partial charge in [-0.1, -0.05) is 54.4 Å². The van der Waals surface area contributed by atoms with Crippen LogP contribution < -0.4 is 0 Å². The van der Waals surface area contributed by atoms with E-state index in [4.69, 9.17) is 23.2 Å². The number of benzene rings is 2. The fourth-order valence-electron chi connectivity index (χ4n) is 5.65. The van der Waals surface area contributed by atoms with Crippen molar-refractivity contribution < 1.29 is 14.7 Å². The average Bonchev–Trinajstić information content (AvgIpc) is 3.32. The van der Waals surface area contributed by atoms with Gasteiger partial charge in [-0.2, -0.15) is 0 Å². The van der Waals surface area contributed by atoms with E-state index in [0.717, 1.165) is 37.2 Å². The van der Waals surface area contributed by atoms with Gasteiger partial charge >= 0.3 is 5.97 Å². The van der Waals surface area contributed by atoms with Crippen LogP contribution in [-0.4, -0.2) is 52.5 Å². The van der Waals surface area contributed by atoms with Gasteiger partial charge in [0, 0.05) is 34.5 Å². The molecule has 7 heteroatoms. The Balaban J connectivity index is 1.81. The topological polar surface area (TPSA) is 60.9 Å². The number of aliphatic carboxylic acids is 1. The predicted molar refractivity (Wildman–Crippen MR) is 135 cm³/mol. The smallest absolute Gasteiger partial charge is 0.304 e. The lowest BCUT2D eigenvalue weighted by atomic mass is 9.74. The Labute approximate surface area is 211 Å². The Morgan fingerprint density at radius 3 is 2.38 bits per heavy atom. The zero-order valence-corrected chi connectivity index (χ0v) is 21.0. The summed E-state index contributed by atoms with van der Waals surface area (Å²) in [5.74, 6) is -1.65. The summed E-state index contributed by atoms with van der Waals surface area (Å²) in [5.41, 5.74) is 2.03. The van der Waals surface area contributed by atoms with E-state index in [0.29, 0.717) is 16.5 Å². The molecule has 2 heterocycles. The van der Waals surface area contributed by atoms with Crippen LogP contribution >= 0.6 is 23.2 Å². The molecule has 1 amide bonds. The van der Waals surface area contributed by atoms with Crippen molar-refractivity contribution >= 4 is 35.1 Å². The van der Waals surface area contributed by atoms with Crippen molar-refractivity contribution in [1.82, 2.24) is 9.80 Å². The molecule has 4 atom stereocenters. The maximum absolute atomic E-state index is 13.9. The number of amides is 1. The van der Waals surface area contributed by atoms with Crippen LogP contribution in [0.25, 0.3) is 0 Å². The van der Waals surface area contributed by atoms with Crippen molar-refractivity contribution in [2.75, 3.05) is 19.6 Å². The van der Waals surface area contributed by atoms with Crippen molar-refractivity contribution in [3.63, 3.8) is 0 Å². The standard InChI is InChI=1S/C27H32Cl2N2O3/c1-2-23(17-30-12-3-4-13-30)31-26(18-8-10-21(28)11-9-18)24(19-6-5-7-22(29)14-19)15-20(27(31)34)16-25(32)33/h5-11,14,20,23-24,26H,2-4,12-13,15-17H2,1H3,(H,32,33)/t20-,23?,24-,26-/m1/s1. The predicted octanol–water partition coefficient (Wildman–Crippen LogP) is 6.02. The van der Waals surface area contributed by atoms with Crippen molar-refractivity contribution in [2.45, 2.75) is 57.0 Å². The third-order valence-corrected chi connectivity index (χ3v) is 7.75. The molecule has 5 nitrogen and oxygen atoms in total. The first-order valence-corrected chi connectivity index (χ1v) is 12.9. The third kappa shape index (κ3) is 5.59. The second-order valence-electron chi connectivity index (χ2n) is 9.50. The molecule has 2 aromatic carbocycles. The summed E-state index contributed by atoms with van der Waals surface area (Å²) >= 11 is 12.6. The van der Waals surface area contributed by atoms with Gasteiger partial charge in [-0.05, 0) is 74.2 Å². The molecule has 0 aliphatic carbocycles. The molecule has 2 aliphatic rings. The van der Waals surface area contributed by atoms with Crippen LogP contribution in [0.5, 0.6) is 0 Å². The largest absolute Gasteiger partial charge is 0.481 e. The normalized spacial score (nSPS) is 24.4. The maximum atomic E-state index is 13.9. The van der Waals surface area contributed by atoms with Gasteiger partial charge in [-0.15, -0.1) is 0 Å². The summed E-state index contributed by atoms with van der Waals surface area (Å²) in [5, 5.41) is 10.9. The highest BCUT2D eigenvalue weighted by Crippen LogP contribution is 2.47. The molecule has 1 N–H and O–H groups in total. The number of carboxylic acids is 1. The molecule has 2 saturated heterocycles. The first kappa shape index (κ1) is 25.0. The zero-order valence-electron chi connectivity index (χ0n) is 19.5. The molecule has 182 valence electrons. The quantitative estimate of drug-likeness (QED) is 0.479. The molecule has 2 aromatic rings. The summed E-state index contributed by atoms with van der Waals surface area (Å²) in [6.07, 6.45) is 3.46. The maximum Gasteiger partial charge on any atom is 0.304 e. The molecule has 34 heavy (non-hydrogen) atoms. The number of likely N-dealkylation sites (tertiary alicyclic amines) is 2. The highest BCUT2D eigenvalue weighted by Gasteiger charge is 2.46. The molecule has 0 spiro atoms. The Morgan fingerprint density at radius 2 is 1.76 bits per heavy atom. The minimum Gasteiger partial charge on any atom is -0.481 e. The Morgan fingerprint density at radius 1 is 1.06 bits per heavy atom. The van der Waals surface area contributed by atoms with E-state index in [1.165, 1.54) is 12.8 Å². The van der Waals surface area contributed by atoms with Crippen LogP contribution in [0, 0.1) is 5.92 Å². The number of nitrogens with zero attached hydrogens (tertiary/aromatic N) is 2. The number of carboxylic acid groups (broad SMARTS) is 1. The lowest BCUT2D eigenvalue weighted by molar-refractivity contribution is -0.152. The van der Waals surface area contributed by atoms with E-state index in [9.17, 15) is 14.7 Å². The van der Waals surface area contributed by atoms with E-state index >= 15 is 0 Å². The Bertz CT molecular complexity index is 1010. The molecule has 4 rings (SSSR count). The SMILES string of the molecule is CCC(CN1CCCC1)N1C(=O)[C@@H](CC(=O)O)C[C@H](c2cccc(Cl)c2)[C@H]1c1ccc(Cl)cc1.